The van der Waals surface area contributed by atoms with Crippen molar-refractivity contribution in [2.24, 2.45) is 0 Å². The lowest BCUT2D eigenvalue weighted by Gasteiger charge is -2.44. The maximum atomic E-state index is 12.5. The molecule has 0 bridgehead atoms. The number of halogens is 1. The minimum atomic E-state index is -1.07. The first-order valence-electron chi connectivity index (χ1n) is 15.8. The molecule has 4 aliphatic rings. The Bertz CT molecular complexity index is 1830. The predicted molar refractivity (Wildman–Crippen MR) is 172 cm³/mol. The number of imidazole rings is 1. The van der Waals surface area contributed by atoms with E-state index in [1.165, 1.54) is 7.11 Å². The van der Waals surface area contributed by atoms with Crippen molar-refractivity contribution in [3.05, 3.63) is 70.8 Å². The SMILES string of the molecule is COC(=O)c1cc(OC)c2nc(CN3CCN(c4cccc5c4O[C@@](C)(c4ccc(Cl)cn4)O5)[C@@H]4COC[C@@H]43)n(C[C@@H]3CCO3)c2c1. The van der Waals surface area contributed by atoms with Gasteiger partial charge in [-0.05, 0) is 42.8 Å². The number of carbonyl (C=O) groups is 1. The summed E-state index contributed by atoms with van der Waals surface area (Å²) in [5, 5.41) is 0.552. The minimum absolute atomic E-state index is 0.0904. The van der Waals surface area contributed by atoms with Crippen molar-refractivity contribution in [3.8, 4) is 17.2 Å². The molecule has 0 radical (unpaired) electrons. The molecule has 0 unspecified atom stereocenters. The molecule has 0 saturated carbocycles. The van der Waals surface area contributed by atoms with Gasteiger partial charge in [-0.3, -0.25) is 9.88 Å². The molecule has 4 atom stereocenters. The van der Waals surface area contributed by atoms with Gasteiger partial charge in [0.15, 0.2) is 11.5 Å². The van der Waals surface area contributed by atoms with E-state index >= 15 is 0 Å². The van der Waals surface area contributed by atoms with Gasteiger partial charge in [0, 0.05) is 32.8 Å². The Labute approximate surface area is 277 Å². The number of methoxy groups -OCH3 is 2. The van der Waals surface area contributed by atoms with E-state index < -0.39 is 11.8 Å². The number of hydrogen-bond donors (Lipinski definition) is 0. The molecule has 6 heterocycles. The van der Waals surface area contributed by atoms with Gasteiger partial charge in [-0.15, -0.1) is 0 Å². The first-order valence-corrected chi connectivity index (χ1v) is 16.2. The summed E-state index contributed by atoms with van der Waals surface area (Å²) in [6.07, 6.45) is 2.67. The summed E-state index contributed by atoms with van der Waals surface area (Å²) in [5.74, 6) is 1.29. The summed E-state index contributed by atoms with van der Waals surface area (Å²) in [6.45, 7) is 6.57. The number of fused-ring (bicyclic) bond motifs is 3. The molecule has 3 saturated heterocycles. The Morgan fingerprint density at radius 1 is 1.11 bits per heavy atom. The van der Waals surface area contributed by atoms with Gasteiger partial charge in [0.05, 0.1) is 80.5 Å². The molecule has 8 rings (SSSR count). The van der Waals surface area contributed by atoms with Gasteiger partial charge in [-0.25, -0.2) is 9.78 Å². The second-order valence-electron chi connectivity index (χ2n) is 12.4. The van der Waals surface area contributed by atoms with Crippen LogP contribution in [0.25, 0.3) is 11.0 Å². The van der Waals surface area contributed by atoms with Crippen LogP contribution in [0.1, 0.15) is 35.2 Å². The Balaban J connectivity index is 1.08. The van der Waals surface area contributed by atoms with Crippen molar-refractivity contribution in [2.75, 3.05) is 52.0 Å². The number of ether oxygens (including phenoxy) is 6. The van der Waals surface area contributed by atoms with E-state index in [2.05, 4.69) is 25.4 Å². The second-order valence-corrected chi connectivity index (χ2v) is 12.8. The standard InChI is InChI=1S/C34H36ClN5O7/c1-34(29-8-7-21(35)15-36-29)46-27-6-4-5-23(32(27)47-34)39-11-10-38(25-18-44-19-26(25)39)17-30-37-31-24(40(30)16-22-9-12-45-22)13-20(33(41)43-3)14-28(31)42-2/h4-8,13-15,22,25-26H,9-12,16-19H2,1-3H3/t22-,25-,26+,34-/m0/s1. The second kappa shape index (κ2) is 11.9. The molecule has 4 aliphatic heterocycles. The van der Waals surface area contributed by atoms with Crippen LogP contribution in [0.4, 0.5) is 5.69 Å². The number of piperazine rings is 1. The van der Waals surface area contributed by atoms with Crippen molar-refractivity contribution in [3.63, 3.8) is 0 Å². The highest BCUT2D eigenvalue weighted by Crippen LogP contribution is 2.50. The zero-order chi connectivity index (χ0) is 32.3. The average molecular weight is 662 g/mol. The molecule has 0 N–H and O–H groups in total. The smallest absolute Gasteiger partial charge is 0.338 e. The molecular weight excluding hydrogens is 626 g/mol. The normalized spacial score (nSPS) is 25.1. The van der Waals surface area contributed by atoms with Crippen LogP contribution in [0.15, 0.2) is 48.7 Å². The number of hydrogen-bond acceptors (Lipinski definition) is 11. The number of para-hydroxylation sites is 1. The van der Waals surface area contributed by atoms with Crippen LogP contribution in [0.5, 0.6) is 17.2 Å². The quantitative estimate of drug-likeness (QED) is 0.251. The van der Waals surface area contributed by atoms with Crippen LogP contribution in [0.3, 0.4) is 0 Å². The van der Waals surface area contributed by atoms with Crippen molar-refractivity contribution in [1.82, 2.24) is 19.4 Å². The van der Waals surface area contributed by atoms with Crippen molar-refractivity contribution in [1.29, 1.82) is 0 Å². The first-order chi connectivity index (χ1) is 22.8. The lowest BCUT2D eigenvalue weighted by atomic mass is 10.0. The Kier molecular flexibility index (Phi) is 7.63. The van der Waals surface area contributed by atoms with Gasteiger partial charge in [0.1, 0.15) is 22.8 Å². The largest absolute Gasteiger partial charge is 0.494 e. The van der Waals surface area contributed by atoms with Crippen LogP contribution in [-0.4, -0.2) is 90.7 Å². The molecule has 3 fully saturated rings. The number of pyridine rings is 1. The summed E-state index contributed by atoms with van der Waals surface area (Å²) < 4.78 is 37.7. The fourth-order valence-electron chi connectivity index (χ4n) is 7.10. The van der Waals surface area contributed by atoms with Crippen LogP contribution in [-0.2, 0) is 33.1 Å². The van der Waals surface area contributed by atoms with E-state index in [4.69, 9.17) is 45.0 Å². The molecule has 246 valence electrons. The van der Waals surface area contributed by atoms with Gasteiger partial charge < -0.3 is 37.9 Å². The van der Waals surface area contributed by atoms with E-state index in [0.717, 1.165) is 43.1 Å². The molecule has 0 aliphatic carbocycles. The highest BCUT2D eigenvalue weighted by Gasteiger charge is 2.46. The maximum Gasteiger partial charge on any atom is 0.338 e. The van der Waals surface area contributed by atoms with E-state index in [9.17, 15) is 4.79 Å². The third-order valence-electron chi connectivity index (χ3n) is 9.64. The van der Waals surface area contributed by atoms with Crippen molar-refractivity contribution in [2.45, 2.75) is 50.4 Å². The predicted octanol–water partition coefficient (Wildman–Crippen LogP) is 4.40. The first kappa shape index (κ1) is 30.2. The van der Waals surface area contributed by atoms with Gasteiger partial charge in [-0.1, -0.05) is 17.7 Å². The monoisotopic (exact) mass is 661 g/mol. The Hall–Kier alpha value is -4.10. The van der Waals surface area contributed by atoms with Crippen LogP contribution in [0, 0.1) is 0 Å². The lowest BCUT2D eigenvalue weighted by Crippen LogP contribution is -2.59. The summed E-state index contributed by atoms with van der Waals surface area (Å²) in [4.78, 5) is 26.9. The number of aromatic nitrogens is 3. The van der Waals surface area contributed by atoms with Crippen LogP contribution in [0.2, 0.25) is 5.02 Å². The summed E-state index contributed by atoms with van der Waals surface area (Å²) in [7, 11) is 2.97. The third kappa shape index (κ3) is 5.23. The van der Waals surface area contributed by atoms with Crippen LogP contribution >= 0.6 is 11.6 Å². The van der Waals surface area contributed by atoms with E-state index in [-0.39, 0.29) is 18.2 Å². The summed E-state index contributed by atoms with van der Waals surface area (Å²) >= 11 is 6.09. The number of rotatable bonds is 8. The average Bonchev–Trinajstić information content (AvgIpc) is 3.78. The lowest BCUT2D eigenvalue weighted by molar-refractivity contribution is -0.0716. The zero-order valence-corrected chi connectivity index (χ0v) is 27.2. The number of esters is 1. The Morgan fingerprint density at radius 3 is 2.70 bits per heavy atom. The summed E-state index contributed by atoms with van der Waals surface area (Å²) in [5.41, 5.74) is 3.56. The zero-order valence-electron chi connectivity index (χ0n) is 26.5. The Morgan fingerprint density at radius 2 is 1.96 bits per heavy atom. The fraction of sp³-hybridized carbons (Fsp3) is 0.441. The molecule has 47 heavy (non-hydrogen) atoms. The minimum Gasteiger partial charge on any atom is -0.494 e. The topological polar surface area (TPSA) is 110 Å². The number of anilines is 1. The number of benzene rings is 2. The van der Waals surface area contributed by atoms with E-state index in [1.54, 1.807) is 25.4 Å². The molecule has 4 aromatic rings. The molecule has 2 aromatic carbocycles. The van der Waals surface area contributed by atoms with Gasteiger partial charge in [0.2, 0.25) is 0 Å². The van der Waals surface area contributed by atoms with Crippen molar-refractivity contribution >= 4 is 34.3 Å². The molecule has 0 amide bonds. The number of nitrogens with zero attached hydrogens (tertiary/aromatic N) is 5. The third-order valence-corrected chi connectivity index (χ3v) is 9.87. The van der Waals surface area contributed by atoms with Crippen molar-refractivity contribution < 1.29 is 33.2 Å². The summed E-state index contributed by atoms with van der Waals surface area (Å²) in [6, 6.07) is 13.3. The maximum absolute atomic E-state index is 12.5. The molecule has 13 heteroatoms. The molecule has 0 spiro atoms. The highest BCUT2D eigenvalue weighted by atomic mass is 35.5. The van der Waals surface area contributed by atoms with E-state index in [0.29, 0.717) is 65.3 Å². The van der Waals surface area contributed by atoms with Crippen LogP contribution < -0.4 is 19.1 Å². The van der Waals surface area contributed by atoms with Gasteiger partial charge in [-0.2, -0.15) is 0 Å². The molecule has 12 nitrogen and oxygen atoms in total. The van der Waals surface area contributed by atoms with Gasteiger partial charge in [0.25, 0.3) is 5.79 Å². The highest BCUT2D eigenvalue weighted by molar-refractivity contribution is 6.30. The fourth-order valence-corrected chi connectivity index (χ4v) is 7.21. The van der Waals surface area contributed by atoms with E-state index in [1.807, 2.05) is 31.2 Å². The molecular formula is C34H36ClN5O7. The number of carbonyl (C=O) groups excluding carboxylic acids is 1. The van der Waals surface area contributed by atoms with Gasteiger partial charge >= 0.3 is 5.97 Å². The molecule has 2 aromatic heterocycles.